The van der Waals surface area contributed by atoms with E-state index in [2.05, 4.69) is 5.32 Å². The molecule has 0 saturated heterocycles. The number of halogens is 2. The third kappa shape index (κ3) is 8.03. The molecule has 0 heterocycles. The second-order valence-corrected chi connectivity index (χ2v) is 12.8. The number of benzene rings is 4. The number of hydrogen-bond donors (Lipinski definition) is 1. The van der Waals surface area contributed by atoms with Crippen LogP contribution in [-0.2, 0) is 32.6 Å². The van der Waals surface area contributed by atoms with E-state index in [0.29, 0.717) is 22.7 Å². The maximum absolute atomic E-state index is 14.4. The van der Waals surface area contributed by atoms with Gasteiger partial charge in [0.05, 0.1) is 10.6 Å². The van der Waals surface area contributed by atoms with E-state index >= 15 is 0 Å². The van der Waals surface area contributed by atoms with Gasteiger partial charge in [0.15, 0.2) is 0 Å². The molecular formula is C34H35ClFN3O4S. The zero-order valence-electron chi connectivity index (χ0n) is 24.8. The highest BCUT2D eigenvalue weighted by Gasteiger charge is 2.35. The van der Waals surface area contributed by atoms with Gasteiger partial charge >= 0.3 is 0 Å². The number of hydrogen-bond acceptors (Lipinski definition) is 4. The van der Waals surface area contributed by atoms with Gasteiger partial charge in [-0.15, -0.1) is 0 Å². The molecule has 4 aromatic rings. The van der Waals surface area contributed by atoms with Gasteiger partial charge < -0.3 is 10.2 Å². The highest BCUT2D eigenvalue weighted by molar-refractivity contribution is 7.92. The summed E-state index contributed by atoms with van der Waals surface area (Å²) in [6.07, 6.45) is 0.185. The van der Waals surface area contributed by atoms with Crippen LogP contribution < -0.4 is 9.62 Å². The van der Waals surface area contributed by atoms with E-state index < -0.39 is 34.3 Å². The van der Waals surface area contributed by atoms with Crippen LogP contribution in [-0.4, -0.2) is 44.3 Å². The van der Waals surface area contributed by atoms with Crippen molar-refractivity contribution in [3.05, 3.63) is 130 Å². The van der Waals surface area contributed by atoms with Crippen molar-refractivity contribution in [2.24, 2.45) is 0 Å². The van der Waals surface area contributed by atoms with Crippen LogP contribution in [0.2, 0.25) is 5.02 Å². The number of carbonyl (C=O) groups excluding carboxylic acids is 2. The first-order valence-electron chi connectivity index (χ1n) is 14.2. The number of amides is 2. The molecule has 230 valence electrons. The predicted molar refractivity (Wildman–Crippen MR) is 171 cm³/mol. The lowest BCUT2D eigenvalue weighted by molar-refractivity contribution is -0.140. The Balaban J connectivity index is 1.81. The molecule has 44 heavy (non-hydrogen) atoms. The smallest absolute Gasteiger partial charge is 0.264 e. The molecular weight excluding hydrogens is 601 g/mol. The average molecular weight is 636 g/mol. The maximum atomic E-state index is 14.4. The Morgan fingerprint density at radius 1 is 0.886 bits per heavy atom. The molecule has 0 aromatic heterocycles. The van der Waals surface area contributed by atoms with E-state index in [0.717, 1.165) is 15.4 Å². The fourth-order valence-corrected chi connectivity index (χ4v) is 6.59. The van der Waals surface area contributed by atoms with E-state index in [9.17, 15) is 22.4 Å². The zero-order chi connectivity index (χ0) is 31.9. The molecule has 0 aliphatic heterocycles. The molecule has 0 aliphatic rings. The van der Waals surface area contributed by atoms with Crippen LogP contribution in [0.25, 0.3) is 0 Å². The third-order valence-corrected chi connectivity index (χ3v) is 9.21. The molecule has 7 nitrogen and oxygen atoms in total. The van der Waals surface area contributed by atoms with Crippen molar-refractivity contribution in [3.63, 3.8) is 0 Å². The minimum absolute atomic E-state index is 0.0138. The number of aryl methyl sites for hydroxylation is 2. The number of likely N-dealkylation sites (N-methyl/N-ethyl adjacent to an activating group) is 1. The molecule has 4 aromatic carbocycles. The minimum Gasteiger partial charge on any atom is -0.355 e. The Labute approximate surface area is 263 Å². The summed E-state index contributed by atoms with van der Waals surface area (Å²) in [6.45, 7) is 5.04. The summed E-state index contributed by atoms with van der Waals surface area (Å²) in [4.78, 5) is 29.3. The van der Waals surface area contributed by atoms with Gasteiger partial charge in [-0.1, -0.05) is 71.8 Å². The van der Waals surface area contributed by atoms with Gasteiger partial charge in [-0.2, -0.15) is 0 Å². The van der Waals surface area contributed by atoms with Gasteiger partial charge in [-0.05, 0) is 79.9 Å². The van der Waals surface area contributed by atoms with Gasteiger partial charge in [0.25, 0.3) is 10.0 Å². The lowest BCUT2D eigenvalue weighted by Gasteiger charge is -2.34. The van der Waals surface area contributed by atoms with Gasteiger partial charge in [0.2, 0.25) is 11.8 Å². The second kappa shape index (κ2) is 14.5. The third-order valence-electron chi connectivity index (χ3n) is 7.20. The Hall–Kier alpha value is -4.21. The molecule has 4 rings (SSSR count). The molecule has 0 fully saturated rings. The average Bonchev–Trinajstić information content (AvgIpc) is 2.99. The number of rotatable bonds is 12. The normalized spacial score (nSPS) is 11.9. The highest BCUT2D eigenvalue weighted by atomic mass is 35.5. The van der Waals surface area contributed by atoms with Crippen LogP contribution in [0.5, 0.6) is 0 Å². The Kier molecular flexibility index (Phi) is 10.8. The van der Waals surface area contributed by atoms with Gasteiger partial charge in [-0.3, -0.25) is 13.9 Å². The van der Waals surface area contributed by atoms with Crippen molar-refractivity contribution in [3.8, 4) is 0 Å². The lowest BCUT2D eigenvalue weighted by atomic mass is 10.0. The van der Waals surface area contributed by atoms with Crippen molar-refractivity contribution in [2.75, 3.05) is 17.4 Å². The monoisotopic (exact) mass is 635 g/mol. The first-order chi connectivity index (χ1) is 21.0. The fraction of sp³-hybridized carbons (Fsp3) is 0.235. The molecule has 0 radical (unpaired) electrons. The second-order valence-electron chi connectivity index (χ2n) is 10.5. The van der Waals surface area contributed by atoms with Crippen molar-refractivity contribution in [2.45, 2.75) is 44.7 Å². The zero-order valence-corrected chi connectivity index (χ0v) is 26.4. The molecule has 2 amide bonds. The lowest BCUT2D eigenvalue weighted by Crippen LogP contribution is -2.53. The van der Waals surface area contributed by atoms with Gasteiger partial charge in [0.1, 0.15) is 18.4 Å². The molecule has 0 unspecified atom stereocenters. The number of nitrogens with zero attached hydrogens (tertiary/aromatic N) is 2. The molecule has 0 saturated carbocycles. The first-order valence-corrected chi connectivity index (χ1v) is 16.0. The molecule has 0 aliphatic carbocycles. The largest absolute Gasteiger partial charge is 0.355 e. The summed E-state index contributed by atoms with van der Waals surface area (Å²) >= 11 is 6.20. The van der Waals surface area contributed by atoms with Gasteiger partial charge in [-0.25, -0.2) is 12.8 Å². The summed E-state index contributed by atoms with van der Waals surface area (Å²) in [5.74, 6) is -1.43. The van der Waals surface area contributed by atoms with E-state index in [-0.39, 0.29) is 29.5 Å². The summed E-state index contributed by atoms with van der Waals surface area (Å²) in [7, 11) is -4.24. The summed E-state index contributed by atoms with van der Waals surface area (Å²) < 4.78 is 43.1. The van der Waals surface area contributed by atoms with E-state index in [1.807, 2.05) is 37.3 Å². The summed E-state index contributed by atoms with van der Waals surface area (Å²) in [5.41, 5.74) is 3.11. The van der Waals surface area contributed by atoms with Crippen LogP contribution in [0.4, 0.5) is 10.1 Å². The molecule has 1 atom stereocenters. The van der Waals surface area contributed by atoms with E-state index in [1.165, 1.54) is 41.3 Å². The Morgan fingerprint density at radius 2 is 1.55 bits per heavy atom. The van der Waals surface area contributed by atoms with Crippen LogP contribution >= 0.6 is 11.6 Å². The predicted octanol–water partition coefficient (Wildman–Crippen LogP) is 6.07. The van der Waals surface area contributed by atoms with Crippen molar-refractivity contribution in [1.82, 2.24) is 10.2 Å². The van der Waals surface area contributed by atoms with Crippen LogP contribution in [0.1, 0.15) is 29.2 Å². The SMILES string of the molecule is CCNC(=O)[C@H](Cc1ccccc1)N(Cc1ccc(F)cc1)C(=O)CN(c1ccc(Cl)cc1C)S(=O)(=O)c1ccc(C)cc1. The van der Waals surface area contributed by atoms with Crippen LogP contribution in [0, 0.1) is 19.7 Å². The van der Waals surface area contributed by atoms with E-state index in [1.54, 1.807) is 44.2 Å². The van der Waals surface area contributed by atoms with Crippen molar-refractivity contribution in [1.29, 1.82) is 0 Å². The number of nitrogens with one attached hydrogen (secondary N) is 1. The van der Waals surface area contributed by atoms with Crippen molar-refractivity contribution < 1.29 is 22.4 Å². The Morgan fingerprint density at radius 3 is 2.16 bits per heavy atom. The Bertz CT molecular complexity index is 1700. The fourth-order valence-electron chi connectivity index (χ4n) is 4.88. The minimum atomic E-state index is -4.24. The quantitative estimate of drug-likeness (QED) is 0.205. The summed E-state index contributed by atoms with van der Waals surface area (Å²) in [5, 5.41) is 3.24. The van der Waals surface area contributed by atoms with Gasteiger partial charge in [0, 0.05) is 24.5 Å². The van der Waals surface area contributed by atoms with Crippen molar-refractivity contribution >= 4 is 39.1 Å². The van der Waals surface area contributed by atoms with E-state index in [4.69, 9.17) is 11.6 Å². The summed E-state index contributed by atoms with van der Waals surface area (Å²) in [6, 6.07) is 25.0. The topological polar surface area (TPSA) is 86.8 Å². The molecule has 0 bridgehead atoms. The number of anilines is 1. The molecule has 10 heteroatoms. The standard InChI is InChI=1S/C34H35ClFN3O4S/c1-4-37-34(41)32(21-26-8-6-5-7-9-26)38(22-27-12-15-29(36)16-13-27)33(40)23-39(31-19-14-28(35)20-25(31)3)44(42,43)30-17-10-24(2)11-18-30/h5-20,32H,4,21-23H2,1-3H3,(H,37,41)/t32-/m0/s1. The molecule has 1 N–H and O–H groups in total. The van der Waals surface area contributed by atoms with Crippen LogP contribution in [0.15, 0.2) is 102 Å². The number of sulfonamides is 1. The maximum Gasteiger partial charge on any atom is 0.264 e. The first kappa shape index (κ1) is 32.7. The highest BCUT2D eigenvalue weighted by Crippen LogP contribution is 2.30. The van der Waals surface area contributed by atoms with Crippen LogP contribution in [0.3, 0.4) is 0 Å². The molecule has 0 spiro atoms. The number of carbonyl (C=O) groups is 2.